The van der Waals surface area contributed by atoms with Gasteiger partial charge in [0.25, 0.3) is 10.0 Å². The first-order valence-corrected chi connectivity index (χ1v) is 15.8. The number of nitrogens with zero attached hydrogens (tertiary/aromatic N) is 5. The summed E-state index contributed by atoms with van der Waals surface area (Å²) in [7, 11) is -4.03. The average Bonchev–Trinajstić information content (AvgIpc) is 3.50. The second kappa shape index (κ2) is 13.9. The molecule has 3 heterocycles. The van der Waals surface area contributed by atoms with Crippen molar-refractivity contribution in [2.24, 2.45) is 0 Å². The number of hydrogen-bond donors (Lipinski definition) is 1. The Morgan fingerprint density at radius 3 is 2.54 bits per heavy atom. The molecule has 1 aromatic carbocycles. The van der Waals surface area contributed by atoms with Gasteiger partial charge in [-0.3, -0.25) is 4.98 Å². The Hall–Kier alpha value is -3.57. The van der Waals surface area contributed by atoms with Crippen molar-refractivity contribution < 1.29 is 17.7 Å². The Morgan fingerprint density at radius 1 is 1.05 bits per heavy atom. The fourth-order valence-corrected chi connectivity index (χ4v) is 5.71. The third-order valence-corrected chi connectivity index (χ3v) is 8.33. The van der Waals surface area contributed by atoms with Crippen LogP contribution < -0.4 is 4.72 Å². The third-order valence-electron chi connectivity index (χ3n) is 6.96. The van der Waals surface area contributed by atoms with E-state index in [2.05, 4.69) is 28.7 Å². The monoisotopic (exact) mass is 580 g/mol. The molecule has 0 aliphatic heterocycles. The fourth-order valence-electron chi connectivity index (χ4n) is 4.49. The van der Waals surface area contributed by atoms with E-state index < -0.39 is 10.0 Å². The van der Waals surface area contributed by atoms with E-state index in [9.17, 15) is 8.42 Å². The van der Waals surface area contributed by atoms with Gasteiger partial charge in [0, 0.05) is 36.8 Å². The Bertz CT molecular complexity index is 1560. The summed E-state index contributed by atoms with van der Waals surface area (Å²) in [6.45, 7) is 11.2. The summed E-state index contributed by atoms with van der Waals surface area (Å²) in [5.41, 5.74) is 4.13. The largest absolute Gasteiger partial charge is 0.377 e. The van der Waals surface area contributed by atoms with E-state index in [0.717, 1.165) is 61.3 Å². The molecule has 11 heteroatoms. The molecule has 1 N–H and O–H groups in total. The van der Waals surface area contributed by atoms with Crippen LogP contribution in [-0.2, 0) is 40.8 Å². The van der Waals surface area contributed by atoms with Gasteiger partial charge in [0.15, 0.2) is 5.82 Å². The average molecular weight is 581 g/mol. The van der Waals surface area contributed by atoms with Gasteiger partial charge >= 0.3 is 0 Å². The standard InChI is InChI=1S/C30H40N6O4S/c1-6-9-13-27-32-28(14-10-7-2)36(33-27)19-23-15-16-25(24(18-23)20-39-8-3)29-26(12-11-17-31-29)41(37,38)35-30-21(4)22(5)34-40-30/h11-12,15-18,35H,6-10,13-14,19-20H2,1-5H3. The van der Waals surface area contributed by atoms with E-state index >= 15 is 0 Å². The molecule has 4 rings (SSSR count). The minimum absolute atomic E-state index is 0.0395. The molecule has 10 nitrogen and oxygen atoms in total. The highest BCUT2D eigenvalue weighted by atomic mass is 32.2. The second-order valence-electron chi connectivity index (χ2n) is 10.1. The molecule has 220 valence electrons. The molecule has 0 spiro atoms. The first-order chi connectivity index (χ1) is 19.8. The zero-order valence-corrected chi connectivity index (χ0v) is 25.4. The quantitative estimate of drug-likeness (QED) is 0.181. The van der Waals surface area contributed by atoms with Crippen molar-refractivity contribution in [2.45, 2.75) is 91.2 Å². The lowest BCUT2D eigenvalue weighted by molar-refractivity contribution is 0.134. The van der Waals surface area contributed by atoms with Gasteiger partial charge in [-0.15, -0.1) is 0 Å². The molecule has 0 radical (unpaired) electrons. The lowest BCUT2D eigenvalue weighted by Gasteiger charge is -2.15. The number of aryl methyl sites for hydroxylation is 3. The zero-order chi connectivity index (χ0) is 29.4. The van der Waals surface area contributed by atoms with Crippen LogP contribution in [0.25, 0.3) is 11.3 Å². The Balaban J connectivity index is 1.70. The van der Waals surface area contributed by atoms with Gasteiger partial charge in [-0.25, -0.2) is 22.8 Å². The molecule has 0 saturated carbocycles. The molecule has 3 aromatic heterocycles. The van der Waals surface area contributed by atoms with Gasteiger partial charge in [-0.05, 0) is 56.9 Å². The van der Waals surface area contributed by atoms with Gasteiger partial charge in [-0.1, -0.05) is 50.0 Å². The molecular weight excluding hydrogens is 540 g/mol. The minimum Gasteiger partial charge on any atom is -0.377 e. The first-order valence-electron chi connectivity index (χ1n) is 14.3. The van der Waals surface area contributed by atoms with Crippen molar-refractivity contribution in [3.05, 3.63) is 70.6 Å². The maximum absolute atomic E-state index is 13.5. The molecule has 41 heavy (non-hydrogen) atoms. The van der Waals surface area contributed by atoms with E-state index in [1.807, 2.05) is 29.8 Å². The van der Waals surface area contributed by atoms with Crippen molar-refractivity contribution in [3.8, 4) is 11.3 Å². The number of nitrogens with one attached hydrogen (secondary N) is 1. The predicted octanol–water partition coefficient (Wildman–Crippen LogP) is 6.02. The van der Waals surface area contributed by atoms with Crippen LogP contribution in [0.15, 0.2) is 45.9 Å². The topological polar surface area (TPSA) is 125 Å². The summed E-state index contributed by atoms with van der Waals surface area (Å²) in [5, 5.41) is 8.68. The lowest BCUT2D eigenvalue weighted by atomic mass is 10.0. The second-order valence-corrected chi connectivity index (χ2v) is 11.8. The Labute approximate surface area is 242 Å². The highest BCUT2D eigenvalue weighted by Gasteiger charge is 2.25. The number of pyridine rings is 1. The summed E-state index contributed by atoms with van der Waals surface area (Å²) in [5.74, 6) is 1.97. The van der Waals surface area contributed by atoms with Crippen LogP contribution in [0.3, 0.4) is 0 Å². The predicted molar refractivity (Wildman–Crippen MR) is 158 cm³/mol. The highest BCUT2D eigenvalue weighted by Crippen LogP contribution is 2.31. The molecule has 0 fully saturated rings. The maximum atomic E-state index is 13.5. The third kappa shape index (κ3) is 7.39. The zero-order valence-electron chi connectivity index (χ0n) is 24.6. The van der Waals surface area contributed by atoms with Crippen molar-refractivity contribution in [1.29, 1.82) is 0 Å². The molecular formula is C30H40N6O4S. The number of sulfonamides is 1. The summed E-state index contributed by atoms with van der Waals surface area (Å²) in [4.78, 5) is 9.37. The molecule has 0 saturated heterocycles. The van der Waals surface area contributed by atoms with E-state index in [4.69, 9.17) is 19.3 Å². The van der Waals surface area contributed by atoms with Crippen molar-refractivity contribution >= 4 is 15.9 Å². The summed E-state index contributed by atoms with van der Waals surface area (Å²) >= 11 is 0. The van der Waals surface area contributed by atoms with Gasteiger partial charge < -0.3 is 9.26 Å². The van der Waals surface area contributed by atoms with Crippen LogP contribution in [0.2, 0.25) is 0 Å². The number of ether oxygens (including phenoxy) is 1. The summed E-state index contributed by atoms with van der Waals surface area (Å²) in [6, 6.07) is 9.09. The smallest absolute Gasteiger partial charge is 0.266 e. The number of unbranched alkanes of at least 4 members (excludes halogenated alkanes) is 2. The molecule has 0 unspecified atom stereocenters. The molecule has 4 aromatic rings. The van der Waals surface area contributed by atoms with Crippen LogP contribution in [0.1, 0.15) is 80.5 Å². The van der Waals surface area contributed by atoms with Gasteiger partial charge in [0.1, 0.15) is 10.7 Å². The molecule has 0 amide bonds. The highest BCUT2D eigenvalue weighted by molar-refractivity contribution is 7.92. The number of hydrogen-bond acceptors (Lipinski definition) is 8. The molecule has 0 aliphatic rings. The lowest BCUT2D eigenvalue weighted by Crippen LogP contribution is -2.15. The fraction of sp³-hybridized carbons (Fsp3) is 0.467. The Morgan fingerprint density at radius 2 is 1.83 bits per heavy atom. The van der Waals surface area contributed by atoms with Crippen molar-refractivity contribution in [2.75, 3.05) is 11.3 Å². The first kappa shape index (κ1) is 30.4. The number of benzene rings is 1. The molecule has 0 aliphatic carbocycles. The van der Waals surface area contributed by atoms with Gasteiger partial charge in [-0.2, -0.15) is 5.10 Å². The normalized spacial score (nSPS) is 11.7. The SMILES string of the molecule is CCCCc1nc(CCCC)n(Cc2ccc(-c3ncccc3S(=O)(=O)Nc3onc(C)c3C)c(COCC)c2)n1. The number of aromatic nitrogens is 5. The van der Waals surface area contributed by atoms with Crippen LogP contribution >= 0.6 is 0 Å². The number of rotatable bonds is 15. The molecule has 0 bridgehead atoms. The maximum Gasteiger partial charge on any atom is 0.266 e. The van der Waals surface area contributed by atoms with Crippen LogP contribution in [0, 0.1) is 13.8 Å². The van der Waals surface area contributed by atoms with E-state index in [0.29, 0.717) is 42.3 Å². The van der Waals surface area contributed by atoms with Crippen LogP contribution in [-0.4, -0.2) is 39.9 Å². The van der Waals surface area contributed by atoms with Gasteiger partial charge in [0.2, 0.25) is 5.88 Å². The van der Waals surface area contributed by atoms with Crippen molar-refractivity contribution in [1.82, 2.24) is 24.9 Å². The van der Waals surface area contributed by atoms with Crippen LogP contribution in [0.5, 0.6) is 0 Å². The summed E-state index contributed by atoms with van der Waals surface area (Å²) in [6.07, 6.45) is 7.64. The Kier molecular flexibility index (Phi) is 10.3. The molecule has 0 atom stereocenters. The van der Waals surface area contributed by atoms with Crippen molar-refractivity contribution in [3.63, 3.8) is 0 Å². The van der Waals surface area contributed by atoms with Gasteiger partial charge in [0.05, 0.1) is 24.5 Å². The van der Waals surface area contributed by atoms with Crippen LogP contribution in [0.4, 0.5) is 5.88 Å². The van der Waals surface area contributed by atoms with E-state index in [-0.39, 0.29) is 10.8 Å². The van der Waals surface area contributed by atoms with E-state index in [1.54, 1.807) is 26.1 Å². The minimum atomic E-state index is -4.03. The number of anilines is 1. The van der Waals surface area contributed by atoms with E-state index in [1.165, 1.54) is 6.07 Å². The summed E-state index contributed by atoms with van der Waals surface area (Å²) < 4.78 is 42.6.